The van der Waals surface area contributed by atoms with E-state index in [1.165, 1.54) is 6.07 Å². The maximum absolute atomic E-state index is 14.5. The van der Waals surface area contributed by atoms with E-state index in [1.807, 2.05) is 36.6 Å². The summed E-state index contributed by atoms with van der Waals surface area (Å²) in [6.07, 6.45) is 0. The molecule has 0 spiro atoms. The van der Waals surface area contributed by atoms with Gasteiger partial charge in [-0.05, 0) is 42.8 Å². The van der Waals surface area contributed by atoms with Crippen molar-refractivity contribution in [2.24, 2.45) is 5.84 Å². The van der Waals surface area contributed by atoms with Gasteiger partial charge in [-0.3, -0.25) is 5.43 Å². The van der Waals surface area contributed by atoms with Gasteiger partial charge < -0.3 is 14.8 Å². The molecule has 0 atom stereocenters. The van der Waals surface area contributed by atoms with Gasteiger partial charge in [-0.1, -0.05) is 30.3 Å². The normalized spacial score (nSPS) is 10.3. The van der Waals surface area contributed by atoms with Gasteiger partial charge in [0.05, 0.1) is 7.11 Å². The fourth-order valence-electron chi connectivity index (χ4n) is 2.99. The lowest BCUT2D eigenvalue weighted by Gasteiger charge is -2.15. The van der Waals surface area contributed by atoms with Gasteiger partial charge in [-0.25, -0.2) is 15.0 Å². The molecule has 6 nitrogen and oxygen atoms in total. The molecule has 0 bridgehead atoms. The lowest BCUT2D eigenvalue weighted by molar-refractivity contribution is 0.252. The van der Waals surface area contributed by atoms with E-state index in [2.05, 4.69) is 5.32 Å². The number of hydrazine groups is 1. The second kappa shape index (κ2) is 9.07. The van der Waals surface area contributed by atoms with E-state index >= 15 is 0 Å². The van der Waals surface area contributed by atoms with Crippen molar-refractivity contribution in [3.05, 3.63) is 77.6 Å². The molecule has 0 radical (unpaired) electrons. The zero-order valence-electron chi connectivity index (χ0n) is 16.2. The topological polar surface area (TPSA) is 85.6 Å². The number of methoxy groups -OCH3 is 1. The molecule has 2 amide bonds. The number of nitrogens with one attached hydrogen (secondary N) is 2. The third-order valence-electron chi connectivity index (χ3n) is 4.51. The lowest BCUT2D eigenvalue weighted by Crippen LogP contribution is -2.34. The second-order valence-corrected chi connectivity index (χ2v) is 6.33. The molecule has 3 rings (SSSR count). The number of para-hydroxylation sites is 1. The highest BCUT2D eigenvalue weighted by atomic mass is 19.1. The number of anilines is 1. The quantitative estimate of drug-likeness (QED) is 0.328. The van der Waals surface area contributed by atoms with Crippen molar-refractivity contribution < 1.29 is 18.7 Å². The van der Waals surface area contributed by atoms with Crippen LogP contribution in [0.4, 0.5) is 14.9 Å². The van der Waals surface area contributed by atoms with Gasteiger partial charge in [0, 0.05) is 22.4 Å². The predicted octanol–water partition coefficient (Wildman–Crippen LogP) is 4.38. The molecular formula is C22H22FN3O3. The molecule has 7 heteroatoms. The summed E-state index contributed by atoms with van der Waals surface area (Å²) in [6.45, 7) is 2.10. The number of amides is 2. The molecule has 150 valence electrons. The van der Waals surface area contributed by atoms with Crippen molar-refractivity contribution in [2.45, 2.75) is 13.5 Å². The van der Waals surface area contributed by atoms with Crippen molar-refractivity contribution in [1.29, 1.82) is 0 Å². The van der Waals surface area contributed by atoms with E-state index in [0.29, 0.717) is 28.3 Å². The van der Waals surface area contributed by atoms with Crippen LogP contribution in [-0.4, -0.2) is 13.1 Å². The summed E-state index contributed by atoms with van der Waals surface area (Å²) < 4.78 is 25.7. The molecule has 0 aliphatic carbocycles. The molecule has 0 aliphatic heterocycles. The number of rotatable bonds is 6. The zero-order valence-corrected chi connectivity index (χ0v) is 16.2. The van der Waals surface area contributed by atoms with E-state index in [1.54, 1.807) is 37.4 Å². The van der Waals surface area contributed by atoms with Crippen molar-refractivity contribution in [3.63, 3.8) is 0 Å². The van der Waals surface area contributed by atoms with Crippen LogP contribution in [-0.2, 0) is 6.61 Å². The summed E-state index contributed by atoms with van der Waals surface area (Å²) in [5.74, 6) is 5.83. The van der Waals surface area contributed by atoms with Gasteiger partial charge in [0.15, 0.2) is 0 Å². The maximum atomic E-state index is 14.5. The highest BCUT2D eigenvalue weighted by Crippen LogP contribution is 2.34. The largest absolute Gasteiger partial charge is 0.496 e. The number of hydrogen-bond acceptors (Lipinski definition) is 4. The number of urea groups is 1. The molecule has 4 N–H and O–H groups in total. The van der Waals surface area contributed by atoms with Gasteiger partial charge in [0.1, 0.15) is 23.9 Å². The first kappa shape index (κ1) is 20.2. The first-order chi connectivity index (χ1) is 14.0. The Morgan fingerprint density at radius 3 is 2.62 bits per heavy atom. The van der Waals surface area contributed by atoms with Crippen LogP contribution in [0.2, 0.25) is 0 Å². The number of ether oxygens (including phenoxy) is 2. The fourth-order valence-corrected chi connectivity index (χ4v) is 2.99. The third kappa shape index (κ3) is 4.64. The van der Waals surface area contributed by atoms with Crippen LogP contribution in [0.15, 0.2) is 60.7 Å². The van der Waals surface area contributed by atoms with Crippen molar-refractivity contribution in [3.8, 4) is 22.6 Å². The Hall–Kier alpha value is -3.58. The van der Waals surface area contributed by atoms with Gasteiger partial charge in [-0.2, -0.15) is 0 Å². The van der Waals surface area contributed by atoms with E-state index in [9.17, 15) is 9.18 Å². The molecule has 0 aliphatic rings. The average molecular weight is 395 g/mol. The minimum Gasteiger partial charge on any atom is -0.496 e. The van der Waals surface area contributed by atoms with E-state index in [4.69, 9.17) is 15.3 Å². The number of nitrogens with two attached hydrogens (primary N) is 1. The van der Waals surface area contributed by atoms with Gasteiger partial charge >= 0.3 is 6.03 Å². The molecule has 0 aromatic heterocycles. The molecule has 0 fully saturated rings. The van der Waals surface area contributed by atoms with E-state index in [0.717, 1.165) is 11.1 Å². The first-order valence-electron chi connectivity index (χ1n) is 8.95. The molecule has 3 aromatic carbocycles. The Balaban J connectivity index is 1.87. The first-order valence-corrected chi connectivity index (χ1v) is 8.95. The zero-order chi connectivity index (χ0) is 20.8. The van der Waals surface area contributed by atoms with Gasteiger partial charge in [0.25, 0.3) is 0 Å². The number of carbonyl (C=O) groups is 1. The van der Waals surface area contributed by atoms with Crippen molar-refractivity contribution >= 4 is 11.7 Å². The maximum Gasteiger partial charge on any atom is 0.333 e. The van der Waals surface area contributed by atoms with Crippen LogP contribution < -0.4 is 26.1 Å². The van der Waals surface area contributed by atoms with Crippen LogP contribution in [0.5, 0.6) is 11.5 Å². The number of aryl methyl sites for hydroxylation is 1. The summed E-state index contributed by atoms with van der Waals surface area (Å²) in [4.78, 5) is 11.6. The minimum absolute atomic E-state index is 0.184. The van der Waals surface area contributed by atoms with Crippen molar-refractivity contribution in [1.82, 2.24) is 5.43 Å². The highest BCUT2D eigenvalue weighted by Gasteiger charge is 2.13. The van der Waals surface area contributed by atoms with Crippen LogP contribution in [0.25, 0.3) is 11.1 Å². The molecule has 29 heavy (non-hydrogen) atoms. The number of benzene rings is 3. The average Bonchev–Trinajstić information content (AvgIpc) is 2.74. The Kier molecular flexibility index (Phi) is 6.31. The summed E-state index contributed by atoms with van der Waals surface area (Å²) in [5, 5.41) is 2.67. The summed E-state index contributed by atoms with van der Waals surface area (Å²) in [6, 6.07) is 16.7. The molecule has 0 unspecified atom stereocenters. The Bertz CT molecular complexity index is 1020. The van der Waals surface area contributed by atoms with Crippen molar-refractivity contribution in [2.75, 3.05) is 12.4 Å². The monoisotopic (exact) mass is 395 g/mol. The molecule has 0 heterocycles. The summed E-state index contributed by atoms with van der Waals surface area (Å²) in [7, 11) is 1.54. The fraction of sp³-hybridized carbons (Fsp3) is 0.136. The Morgan fingerprint density at radius 1 is 1.07 bits per heavy atom. The van der Waals surface area contributed by atoms with Gasteiger partial charge in [0.2, 0.25) is 0 Å². The SMILES string of the molecule is COc1ccccc1-c1cc(OCc2c(C)cccc2NC(=O)NN)ccc1F. The molecule has 3 aromatic rings. The second-order valence-electron chi connectivity index (χ2n) is 6.33. The standard InChI is InChI=1S/C22H22FN3O3/c1-14-6-5-8-20(25-22(27)26-24)18(14)13-29-15-10-11-19(23)17(12-15)16-7-3-4-9-21(16)28-2/h3-12H,13,24H2,1-2H3,(H2,25,26,27). The van der Waals surface area contributed by atoms with E-state index < -0.39 is 6.03 Å². The Labute approximate surface area is 168 Å². The molecule has 0 saturated carbocycles. The Morgan fingerprint density at radius 2 is 1.86 bits per heavy atom. The minimum atomic E-state index is -0.530. The third-order valence-corrected chi connectivity index (χ3v) is 4.51. The number of carbonyl (C=O) groups excluding carboxylic acids is 1. The van der Waals surface area contributed by atoms with Crippen LogP contribution in [0, 0.1) is 12.7 Å². The molecular weight excluding hydrogens is 373 g/mol. The smallest absolute Gasteiger partial charge is 0.333 e. The van der Waals surface area contributed by atoms with Crippen LogP contribution in [0.1, 0.15) is 11.1 Å². The summed E-state index contributed by atoms with van der Waals surface area (Å²) in [5.41, 5.74) is 5.36. The summed E-state index contributed by atoms with van der Waals surface area (Å²) >= 11 is 0. The van der Waals surface area contributed by atoms with Crippen LogP contribution >= 0.6 is 0 Å². The predicted molar refractivity (Wildman–Crippen MR) is 110 cm³/mol. The number of halogens is 1. The molecule has 0 saturated heterocycles. The van der Waals surface area contributed by atoms with E-state index in [-0.39, 0.29) is 12.4 Å². The number of hydrogen-bond donors (Lipinski definition) is 3. The van der Waals surface area contributed by atoms with Gasteiger partial charge in [-0.15, -0.1) is 0 Å². The highest BCUT2D eigenvalue weighted by molar-refractivity contribution is 5.89. The van der Waals surface area contributed by atoms with Crippen LogP contribution in [0.3, 0.4) is 0 Å². The lowest BCUT2D eigenvalue weighted by atomic mass is 10.0.